The Morgan fingerprint density at radius 3 is 2.93 bits per heavy atom. The van der Waals surface area contributed by atoms with Gasteiger partial charge in [0.05, 0.1) is 23.9 Å². The summed E-state index contributed by atoms with van der Waals surface area (Å²) in [5.74, 6) is 0.656. The van der Waals surface area contributed by atoms with E-state index in [1.165, 1.54) is 0 Å². The summed E-state index contributed by atoms with van der Waals surface area (Å²) in [6.45, 7) is 5.13. The highest BCUT2D eigenvalue weighted by molar-refractivity contribution is 7.09. The zero-order chi connectivity index (χ0) is 10.7. The average molecular weight is 225 g/mol. The van der Waals surface area contributed by atoms with Gasteiger partial charge < -0.3 is 9.64 Å². The molecule has 0 atom stereocenters. The van der Waals surface area contributed by atoms with Gasteiger partial charge in [-0.1, -0.05) is 0 Å². The van der Waals surface area contributed by atoms with Crippen molar-refractivity contribution in [3.05, 3.63) is 16.1 Å². The summed E-state index contributed by atoms with van der Waals surface area (Å²) in [5, 5.41) is 11.1. The van der Waals surface area contributed by atoms with Gasteiger partial charge in [-0.05, 0) is 6.92 Å². The topological polar surface area (TPSA) is 49.2 Å². The lowest BCUT2D eigenvalue weighted by Gasteiger charge is -2.28. The first-order chi connectivity index (χ1) is 7.25. The van der Waals surface area contributed by atoms with Gasteiger partial charge in [-0.25, -0.2) is 4.98 Å². The minimum atomic E-state index is 0.643. The van der Waals surface area contributed by atoms with E-state index in [1.807, 2.05) is 12.3 Å². The van der Waals surface area contributed by atoms with Crippen molar-refractivity contribution >= 4 is 17.2 Å². The molecule has 0 bridgehead atoms. The fourth-order valence-electron chi connectivity index (χ4n) is 1.61. The van der Waals surface area contributed by atoms with E-state index in [0.717, 1.165) is 37.0 Å². The summed E-state index contributed by atoms with van der Waals surface area (Å²) in [7, 11) is 0. The van der Waals surface area contributed by atoms with Gasteiger partial charge in [-0.15, -0.1) is 11.3 Å². The molecule has 0 radical (unpaired) electrons. The summed E-state index contributed by atoms with van der Waals surface area (Å²) in [6, 6.07) is 0. The van der Waals surface area contributed by atoms with Crippen LogP contribution in [0.15, 0.2) is 5.38 Å². The zero-order valence-electron chi connectivity index (χ0n) is 8.82. The summed E-state index contributed by atoms with van der Waals surface area (Å²) < 4.78 is 5.25. The predicted molar refractivity (Wildman–Crippen MR) is 60.7 cm³/mol. The number of rotatable bonds is 2. The third-order valence-corrected chi connectivity index (χ3v) is 3.23. The van der Waals surface area contributed by atoms with Crippen molar-refractivity contribution in [2.75, 3.05) is 26.3 Å². The lowest BCUT2D eigenvalue weighted by atomic mass is 10.2. The number of nitrogens with zero attached hydrogens (tertiary/aromatic N) is 2. The second-order valence-electron chi connectivity index (χ2n) is 3.58. The maximum absolute atomic E-state index is 7.96. The van der Waals surface area contributed by atoms with Gasteiger partial charge in [0.1, 0.15) is 5.84 Å². The number of nitrogens with one attached hydrogen (secondary N) is 1. The molecule has 1 aromatic rings. The molecule has 15 heavy (non-hydrogen) atoms. The number of aromatic nitrogens is 1. The molecule has 1 fully saturated rings. The fraction of sp³-hybridized carbons (Fsp3) is 0.600. The number of morpholine rings is 1. The maximum atomic E-state index is 7.96. The Balaban J connectivity index is 1.91. The Hall–Kier alpha value is -0.940. The van der Waals surface area contributed by atoms with Gasteiger partial charge in [-0.2, -0.15) is 0 Å². The molecule has 1 aliphatic heterocycles. The van der Waals surface area contributed by atoms with E-state index < -0.39 is 0 Å². The smallest absolute Gasteiger partial charge is 0.102 e. The molecule has 5 heteroatoms. The van der Waals surface area contributed by atoms with E-state index in [1.54, 1.807) is 11.3 Å². The van der Waals surface area contributed by atoms with E-state index in [-0.39, 0.29) is 0 Å². The molecule has 1 aliphatic rings. The highest BCUT2D eigenvalue weighted by atomic mass is 32.1. The van der Waals surface area contributed by atoms with Crippen LogP contribution in [0, 0.1) is 12.3 Å². The van der Waals surface area contributed by atoms with Gasteiger partial charge >= 0.3 is 0 Å². The van der Waals surface area contributed by atoms with Gasteiger partial charge in [0.25, 0.3) is 0 Å². The lowest BCUT2D eigenvalue weighted by Crippen LogP contribution is -2.41. The first-order valence-corrected chi connectivity index (χ1v) is 5.95. The zero-order valence-corrected chi connectivity index (χ0v) is 9.64. The van der Waals surface area contributed by atoms with Gasteiger partial charge in [0, 0.05) is 24.9 Å². The van der Waals surface area contributed by atoms with Crippen LogP contribution < -0.4 is 0 Å². The van der Waals surface area contributed by atoms with Crippen LogP contribution in [0.3, 0.4) is 0 Å². The normalized spacial score (nSPS) is 16.7. The molecule has 1 N–H and O–H groups in total. The molecule has 4 nitrogen and oxygen atoms in total. The van der Waals surface area contributed by atoms with Crippen molar-refractivity contribution in [3.8, 4) is 0 Å². The Morgan fingerprint density at radius 1 is 1.60 bits per heavy atom. The summed E-state index contributed by atoms with van der Waals surface area (Å²) in [6.07, 6.45) is 0.643. The SMILES string of the molecule is Cc1nc(CC(=N)N2CCOCC2)cs1. The molecular formula is C10H15N3OS. The third kappa shape index (κ3) is 2.76. The molecule has 0 unspecified atom stereocenters. The van der Waals surface area contributed by atoms with E-state index in [2.05, 4.69) is 9.88 Å². The number of ether oxygens (including phenoxy) is 1. The van der Waals surface area contributed by atoms with Crippen LogP contribution in [0.25, 0.3) is 0 Å². The molecule has 0 amide bonds. The molecule has 1 saturated heterocycles. The van der Waals surface area contributed by atoms with Crippen LogP contribution in [0.1, 0.15) is 10.7 Å². The number of hydrogen-bond acceptors (Lipinski definition) is 4. The van der Waals surface area contributed by atoms with Crippen molar-refractivity contribution < 1.29 is 4.74 Å². The Morgan fingerprint density at radius 2 is 2.33 bits per heavy atom. The van der Waals surface area contributed by atoms with Gasteiger partial charge in [0.15, 0.2) is 0 Å². The molecule has 0 aromatic carbocycles. The molecule has 2 heterocycles. The van der Waals surface area contributed by atoms with E-state index >= 15 is 0 Å². The molecule has 2 rings (SSSR count). The van der Waals surface area contributed by atoms with Crippen molar-refractivity contribution in [2.45, 2.75) is 13.3 Å². The molecule has 0 spiro atoms. The van der Waals surface area contributed by atoms with Crippen molar-refractivity contribution in [3.63, 3.8) is 0 Å². The molecular weight excluding hydrogens is 210 g/mol. The standard InChI is InChI=1S/C10H15N3OS/c1-8-12-9(7-15-8)6-10(11)13-2-4-14-5-3-13/h7,11H,2-6H2,1H3. The molecule has 1 aromatic heterocycles. The van der Waals surface area contributed by atoms with Crippen LogP contribution in [-0.2, 0) is 11.2 Å². The molecule has 82 valence electrons. The van der Waals surface area contributed by atoms with E-state index in [4.69, 9.17) is 10.1 Å². The summed E-state index contributed by atoms with van der Waals surface area (Å²) in [5.41, 5.74) is 1.01. The number of amidine groups is 1. The number of thiazole rings is 1. The number of aryl methyl sites for hydroxylation is 1. The van der Waals surface area contributed by atoms with Crippen LogP contribution in [0.5, 0.6) is 0 Å². The Bertz CT molecular complexity index is 344. The monoisotopic (exact) mass is 225 g/mol. The highest BCUT2D eigenvalue weighted by Gasteiger charge is 2.14. The third-order valence-electron chi connectivity index (χ3n) is 2.41. The van der Waals surface area contributed by atoms with Crippen LogP contribution in [0.2, 0.25) is 0 Å². The first kappa shape index (κ1) is 10.6. The van der Waals surface area contributed by atoms with Crippen LogP contribution >= 0.6 is 11.3 Å². The van der Waals surface area contributed by atoms with E-state index in [9.17, 15) is 0 Å². The second-order valence-corrected chi connectivity index (χ2v) is 4.64. The van der Waals surface area contributed by atoms with Gasteiger partial charge in [0.2, 0.25) is 0 Å². The summed E-state index contributed by atoms with van der Waals surface area (Å²) in [4.78, 5) is 6.43. The summed E-state index contributed by atoms with van der Waals surface area (Å²) >= 11 is 1.64. The average Bonchev–Trinajstić information content (AvgIpc) is 2.65. The van der Waals surface area contributed by atoms with Crippen LogP contribution in [0.4, 0.5) is 0 Å². The highest BCUT2D eigenvalue weighted by Crippen LogP contribution is 2.10. The Labute approximate surface area is 93.4 Å². The minimum Gasteiger partial charge on any atom is -0.378 e. The molecule has 0 saturated carbocycles. The van der Waals surface area contributed by atoms with Crippen LogP contribution in [-0.4, -0.2) is 42.0 Å². The fourth-order valence-corrected chi connectivity index (χ4v) is 2.22. The van der Waals surface area contributed by atoms with Crippen molar-refractivity contribution in [1.29, 1.82) is 5.41 Å². The quantitative estimate of drug-likeness (QED) is 0.609. The van der Waals surface area contributed by atoms with Crippen molar-refractivity contribution in [1.82, 2.24) is 9.88 Å². The van der Waals surface area contributed by atoms with Gasteiger partial charge in [-0.3, -0.25) is 5.41 Å². The minimum absolute atomic E-state index is 0.643. The number of hydrogen-bond donors (Lipinski definition) is 1. The predicted octanol–water partition coefficient (Wildman–Crippen LogP) is 1.30. The lowest BCUT2D eigenvalue weighted by molar-refractivity contribution is 0.0670. The first-order valence-electron chi connectivity index (χ1n) is 5.07. The maximum Gasteiger partial charge on any atom is 0.102 e. The second kappa shape index (κ2) is 4.72. The molecule has 0 aliphatic carbocycles. The van der Waals surface area contributed by atoms with E-state index in [0.29, 0.717) is 12.3 Å². The Kier molecular flexibility index (Phi) is 3.33. The largest absolute Gasteiger partial charge is 0.378 e. The van der Waals surface area contributed by atoms with Crippen molar-refractivity contribution in [2.24, 2.45) is 0 Å².